The number of esters is 1. The third-order valence-corrected chi connectivity index (χ3v) is 5.48. The molecule has 1 saturated carbocycles. The van der Waals surface area contributed by atoms with Crippen LogP contribution in [0.25, 0.3) is 11.0 Å². The highest BCUT2D eigenvalue weighted by atomic mass is 16.5. The first-order valence-electron chi connectivity index (χ1n) is 9.97. The predicted molar refractivity (Wildman–Crippen MR) is 104 cm³/mol. The molecule has 0 bridgehead atoms. The molecule has 1 aliphatic rings. The number of imidazole rings is 1. The zero-order chi connectivity index (χ0) is 19.1. The molecule has 0 radical (unpaired) electrons. The minimum absolute atomic E-state index is 0.0584. The monoisotopic (exact) mass is 371 g/mol. The number of nitrogens with zero attached hydrogens (tertiary/aromatic N) is 2. The lowest BCUT2D eigenvalue weighted by atomic mass is 9.83. The van der Waals surface area contributed by atoms with Gasteiger partial charge in [-0.2, -0.15) is 0 Å². The van der Waals surface area contributed by atoms with E-state index in [-0.39, 0.29) is 17.9 Å². The fraction of sp³-hybridized carbons (Fsp3) is 0.571. The van der Waals surface area contributed by atoms with Crippen molar-refractivity contribution in [2.45, 2.75) is 57.4 Å². The quantitative estimate of drug-likeness (QED) is 0.568. The van der Waals surface area contributed by atoms with Gasteiger partial charge in [-0.15, -0.1) is 0 Å². The van der Waals surface area contributed by atoms with Crippen molar-refractivity contribution in [2.24, 2.45) is 5.92 Å². The van der Waals surface area contributed by atoms with Crippen LogP contribution in [0.5, 0.6) is 0 Å². The van der Waals surface area contributed by atoms with Crippen molar-refractivity contribution in [1.29, 1.82) is 0 Å². The van der Waals surface area contributed by atoms with Gasteiger partial charge in [0.25, 0.3) is 0 Å². The van der Waals surface area contributed by atoms with Crippen LogP contribution >= 0.6 is 0 Å². The molecular weight excluding hydrogens is 342 g/mol. The zero-order valence-corrected chi connectivity index (χ0v) is 16.0. The van der Waals surface area contributed by atoms with Crippen LogP contribution in [-0.4, -0.2) is 35.1 Å². The number of unbranched alkanes of at least 4 members (excludes halogenated alkanes) is 1. The second-order valence-electron chi connectivity index (χ2n) is 7.31. The van der Waals surface area contributed by atoms with E-state index in [9.17, 15) is 9.59 Å². The van der Waals surface area contributed by atoms with Crippen LogP contribution in [0.2, 0.25) is 0 Å². The van der Waals surface area contributed by atoms with Crippen LogP contribution in [0.4, 0.5) is 0 Å². The first-order valence-corrected chi connectivity index (χ1v) is 9.97. The van der Waals surface area contributed by atoms with Gasteiger partial charge < -0.3 is 14.6 Å². The van der Waals surface area contributed by atoms with Gasteiger partial charge in [0.2, 0.25) is 5.91 Å². The number of fused-ring (bicyclic) bond motifs is 1. The Morgan fingerprint density at radius 3 is 2.78 bits per heavy atom. The second-order valence-corrected chi connectivity index (χ2v) is 7.31. The molecule has 1 N–H and O–H groups in total. The van der Waals surface area contributed by atoms with Crippen molar-refractivity contribution in [3.63, 3.8) is 0 Å². The zero-order valence-electron chi connectivity index (χ0n) is 16.0. The summed E-state index contributed by atoms with van der Waals surface area (Å²) in [6.07, 6.45) is 9.45. The molecule has 1 unspecified atom stereocenters. The Hall–Kier alpha value is -2.37. The summed E-state index contributed by atoms with van der Waals surface area (Å²) < 4.78 is 6.70. The van der Waals surface area contributed by atoms with Crippen molar-refractivity contribution in [1.82, 2.24) is 14.9 Å². The maximum Gasteiger partial charge on any atom is 0.305 e. The minimum atomic E-state index is -0.224. The van der Waals surface area contributed by atoms with E-state index in [4.69, 9.17) is 0 Å². The SMILES string of the molecule is COC(=O)CCCCNC(=O)C(C1CCCCC1)n1cnc2ccccc21. The van der Waals surface area contributed by atoms with Gasteiger partial charge in [0.15, 0.2) is 0 Å². The number of carbonyl (C=O) groups is 2. The summed E-state index contributed by atoms with van der Waals surface area (Å²) in [4.78, 5) is 28.8. The number of benzene rings is 1. The van der Waals surface area contributed by atoms with Crippen LogP contribution in [0.1, 0.15) is 57.4 Å². The summed E-state index contributed by atoms with van der Waals surface area (Å²) in [5.41, 5.74) is 1.93. The van der Waals surface area contributed by atoms with Gasteiger partial charge >= 0.3 is 5.97 Å². The first-order chi connectivity index (χ1) is 13.2. The summed E-state index contributed by atoms with van der Waals surface area (Å²) in [7, 11) is 1.40. The number of nitrogens with one attached hydrogen (secondary N) is 1. The van der Waals surface area contributed by atoms with Crippen molar-refractivity contribution >= 4 is 22.9 Å². The molecule has 27 heavy (non-hydrogen) atoms. The van der Waals surface area contributed by atoms with Crippen LogP contribution in [-0.2, 0) is 14.3 Å². The fourth-order valence-electron chi connectivity index (χ4n) is 4.03. The third-order valence-electron chi connectivity index (χ3n) is 5.48. The minimum Gasteiger partial charge on any atom is -0.469 e. The number of para-hydroxylation sites is 2. The molecule has 1 atom stereocenters. The molecule has 2 aromatic rings. The summed E-state index contributed by atoms with van der Waals surface area (Å²) in [6.45, 7) is 0.575. The summed E-state index contributed by atoms with van der Waals surface area (Å²) >= 11 is 0. The van der Waals surface area contributed by atoms with Crippen molar-refractivity contribution < 1.29 is 14.3 Å². The van der Waals surface area contributed by atoms with Gasteiger partial charge in [-0.3, -0.25) is 9.59 Å². The lowest BCUT2D eigenvalue weighted by Gasteiger charge is -2.30. The normalized spacial score (nSPS) is 16.2. The van der Waals surface area contributed by atoms with Crippen molar-refractivity contribution in [3.05, 3.63) is 30.6 Å². The van der Waals surface area contributed by atoms with E-state index in [0.717, 1.165) is 36.7 Å². The van der Waals surface area contributed by atoms with E-state index in [1.165, 1.54) is 26.4 Å². The average molecular weight is 371 g/mol. The van der Waals surface area contributed by atoms with E-state index in [0.29, 0.717) is 18.9 Å². The molecule has 1 aromatic heterocycles. The molecule has 1 fully saturated rings. The highest BCUT2D eigenvalue weighted by Crippen LogP contribution is 2.34. The number of aromatic nitrogens is 2. The lowest BCUT2D eigenvalue weighted by Crippen LogP contribution is -2.38. The molecule has 146 valence electrons. The van der Waals surface area contributed by atoms with Gasteiger partial charge in [0.1, 0.15) is 6.04 Å². The molecule has 0 aliphatic heterocycles. The Morgan fingerprint density at radius 2 is 2.00 bits per heavy atom. The van der Waals surface area contributed by atoms with Gasteiger partial charge in [0, 0.05) is 13.0 Å². The molecular formula is C21H29N3O3. The largest absolute Gasteiger partial charge is 0.469 e. The molecule has 1 heterocycles. The van der Waals surface area contributed by atoms with E-state index in [1.54, 1.807) is 6.33 Å². The van der Waals surface area contributed by atoms with E-state index >= 15 is 0 Å². The molecule has 0 spiro atoms. The van der Waals surface area contributed by atoms with Crippen molar-refractivity contribution in [2.75, 3.05) is 13.7 Å². The number of ether oxygens (including phenoxy) is 1. The second kappa shape index (κ2) is 9.53. The Kier molecular flexibility index (Phi) is 6.85. The standard InChI is InChI=1S/C21H29N3O3/c1-27-19(25)13-7-8-14-22-21(26)20(16-9-3-2-4-10-16)24-15-23-17-11-5-6-12-18(17)24/h5-6,11-12,15-16,20H,2-4,7-10,13-14H2,1H3,(H,22,26). The van der Waals surface area contributed by atoms with Crippen LogP contribution in [0, 0.1) is 5.92 Å². The lowest BCUT2D eigenvalue weighted by molar-refractivity contribution is -0.140. The molecule has 0 saturated heterocycles. The van der Waals surface area contributed by atoms with Gasteiger partial charge in [0.05, 0.1) is 24.5 Å². The van der Waals surface area contributed by atoms with Gasteiger partial charge in [-0.05, 0) is 43.7 Å². The summed E-state index contributed by atoms with van der Waals surface area (Å²) in [5.74, 6) is 0.195. The smallest absolute Gasteiger partial charge is 0.305 e. The molecule has 3 rings (SSSR count). The van der Waals surface area contributed by atoms with Gasteiger partial charge in [-0.25, -0.2) is 4.98 Å². The summed E-state index contributed by atoms with van der Waals surface area (Å²) in [5, 5.41) is 3.09. The van der Waals surface area contributed by atoms with Crippen molar-refractivity contribution in [3.8, 4) is 0 Å². The van der Waals surface area contributed by atoms with Crippen LogP contribution in [0.3, 0.4) is 0 Å². The number of amides is 1. The highest BCUT2D eigenvalue weighted by molar-refractivity contribution is 5.84. The maximum absolute atomic E-state index is 13.1. The Morgan fingerprint density at radius 1 is 1.22 bits per heavy atom. The summed E-state index contributed by atoms with van der Waals surface area (Å²) in [6, 6.07) is 7.74. The molecule has 6 heteroatoms. The first kappa shape index (κ1) is 19.4. The van der Waals surface area contributed by atoms with Gasteiger partial charge in [-0.1, -0.05) is 31.4 Å². The average Bonchev–Trinajstić information content (AvgIpc) is 3.12. The molecule has 1 aliphatic carbocycles. The number of carbonyl (C=O) groups excluding carboxylic acids is 2. The maximum atomic E-state index is 13.1. The van der Waals surface area contributed by atoms with Crippen LogP contribution in [0.15, 0.2) is 30.6 Å². The Labute approximate surface area is 160 Å². The fourth-order valence-corrected chi connectivity index (χ4v) is 4.03. The number of rotatable bonds is 8. The topological polar surface area (TPSA) is 73.2 Å². The number of hydrogen-bond donors (Lipinski definition) is 1. The molecule has 1 amide bonds. The Bertz CT molecular complexity index is 765. The third kappa shape index (κ3) is 4.87. The Balaban J connectivity index is 1.68. The highest BCUT2D eigenvalue weighted by Gasteiger charge is 2.31. The number of methoxy groups -OCH3 is 1. The predicted octanol–water partition coefficient (Wildman–Crippen LogP) is 3.62. The van der Waals surface area contributed by atoms with E-state index in [1.807, 2.05) is 24.3 Å². The molecule has 1 aromatic carbocycles. The number of hydrogen-bond acceptors (Lipinski definition) is 4. The van der Waals surface area contributed by atoms with Crippen LogP contribution < -0.4 is 5.32 Å². The van der Waals surface area contributed by atoms with E-state index < -0.39 is 0 Å². The van der Waals surface area contributed by atoms with E-state index in [2.05, 4.69) is 19.6 Å². The molecule has 6 nitrogen and oxygen atoms in total.